The molecule has 6 heteroatoms. The molecule has 0 heterocycles. The van der Waals surface area contributed by atoms with E-state index in [9.17, 15) is 9.59 Å². The number of benzene rings is 2. The predicted octanol–water partition coefficient (Wildman–Crippen LogP) is 3.67. The van der Waals surface area contributed by atoms with Gasteiger partial charge in [0.2, 0.25) is 0 Å². The highest BCUT2D eigenvalue weighted by molar-refractivity contribution is 8.03. The molecule has 1 amide bonds. The molecule has 0 aromatic heterocycles. The quantitative estimate of drug-likeness (QED) is 0.510. The molecule has 0 saturated heterocycles. The van der Waals surface area contributed by atoms with E-state index in [4.69, 9.17) is 10.00 Å². The maximum Gasteiger partial charge on any atom is 0.338 e. The first-order valence-corrected chi connectivity index (χ1v) is 8.01. The van der Waals surface area contributed by atoms with Crippen molar-refractivity contribution < 1.29 is 14.3 Å². The van der Waals surface area contributed by atoms with E-state index in [0.717, 1.165) is 27.8 Å². The summed E-state index contributed by atoms with van der Waals surface area (Å²) in [7, 11) is 0. The Balaban J connectivity index is 1.92. The zero-order valence-corrected chi connectivity index (χ0v) is 14.1. The fourth-order valence-corrected chi connectivity index (χ4v) is 2.54. The summed E-state index contributed by atoms with van der Waals surface area (Å²) in [6, 6.07) is 12.3. The van der Waals surface area contributed by atoms with Gasteiger partial charge in [0.25, 0.3) is 5.91 Å². The van der Waals surface area contributed by atoms with Crippen molar-refractivity contribution >= 4 is 29.3 Å². The Kier molecular flexibility index (Phi) is 5.99. The highest BCUT2D eigenvalue weighted by Gasteiger charge is 2.11. The van der Waals surface area contributed by atoms with E-state index in [0.29, 0.717) is 11.3 Å². The lowest BCUT2D eigenvalue weighted by Gasteiger charge is -2.10. The molecule has 5 nitrogen and oxygen atoms in total. The number of rotatable bonds is 5. The van der Waals surface area contributed by atoms with Crippen molar-refractivity contribution in [2.75, 3.05) is 11.9 Å². The third-order valence-electron chi connectivity index (χ3n) is 3.22. The summed E-state index contributed by atoms with van der Waals surface area (Å²) in [5, 5.41) is 13.3. The lowest BCUT2D eigenvalue weighted by molar-refractivity contribution is -0.119. The number of carbonyl (C=O) groups is 2. The molecule has 0 spiro atoms. The molecular formula is C18H16N2O3S. The molecule has 2 aromatic rings. The van der Waals surface area contributed by atoms with E-state index in [1.807, 2.05) is 31.4 Å². The second-order valence-electron chi connectivity index (χ2n) is 5.16. The molecule has 0 radical (unpaired) electrons. The Labute approximate surface area is 144 Å². The van der Waals surface area contributed by atoms with E-state index in [1.54, 1.807) is 30.3 Å². The molecule has 0 aliphatic carbocycles. The van der Waals surface area contributed by atoms with Gasteiger partial charge in [0, 0.05) is 10.6 Å². The number of hydrogen-bond donors (Lipinski definition) is 1. The third kappa shape index (κ3) is 4.86. The number of esters is 1. The molecule has 0 unspecified atom stereocenters. The minimum Gasteiger partial charge on any atom is -0.452 e. The average molecular weight is 340 g/mol. The van der Waals surface area contributed by atoms with E-state index in [1.165, 1.54) is 0 Å². The number of aryl methyl sites for hydroxylation is 2. The monoisotopic (exact) mass is 340 g/mol. The number of nitrogens with zero attached hydrogens (tertiary/aromatic N) is 1. The Hall–Kier alpha value is -2.78. The van der Waals surface area contributed by atoms with Gasteiger partial charge in [-0.15, -0.1) is 0 Å². The highest BCUT2D eigenvalue weighted by atomic mass is 32.2. The zero-order valence-electron chi connectivity index (χ0n) is 13.3. The van der Waals surface area contributed by atoms with Gasteiger partial charge in [0.15, 0.2) is 6.61 Å². The van der Waals surface area contributed by atoms with Crippen molar-refractivity contribution in [1.29, 1.82) is 5.26 Å². The number of nitriles is 1. The topological polar surface area (TPSA) is 79.2 Å². The van der Waals surface area contributed by atoms with Crippen LogP contribution in [0.3, 0.4) is 0 Å². The van der Waals surface area contributed by atoms with E-state index < -0.39 is 11.9 Å². The normalized spacial score (nSPS) is 9.88. The Morgan fingerprint density at radius 3 is 2.67 bits per heavy atom. The van der Waals surface area contributed by atoms with Gasteiger partial charge in [-0.05, 0) is 61.5 Å². The zero-order chi connectivity index (χ0) is 17.5. The van der Waals surface area contributed by atoms with Crippen molar-refractivity contribution in [2.45, 2.75) is 18.7 Å². The first-order valence-electron chi connectivity index (χ1n) is 7.20. The lowest BCUT2D eigenvalue weighted by atomic mass is 10.1. The molecule has 2 rings (SSSR count). The minimum absolute atomic E-state index is 0.360. The maximum atomic E-state index is 11.9. The van der Waals surface area contributed by atoms with Crippen LogP contribution in [0.4, 0.5) is 5.69 Å². The van der Waals surface area contributed by atoms with E-state index >= 15 is 0 Å². The van der Waals surface area contributed by atoms with Gasteiger partial charge in [-0.3, -0.25) is 4.79 Å². The molecule has 0 saturated carbocycles. The van der Waals surface area contributed by atoms with E-state index in [2.05, 4.69) is 5.32 Å². The molecular weight excluding hydrogens is 324 g/mol. The molecule has 24 heavy (non-hydrogen) atoms. The Morgan fingerprint density at radius 2 is 2.00 bits per heavy atom. The van der Waals surface area contributed by atoms with Gasteiger partial charge >= 0.3 is 5.97 Å². The van der Waals surface area contributed by atoms with Crippen LogP contribution in [0.15, 0.2) is 47.4 Å². The number of thioether (sulfide) groups is 1. The molecule has 0 aliphatic heterocycles. The molecule has 0 bridgehead atoms. The van der Waals surface area contributed by atoms with Crippen molar-refractivity contribution in [3.63, 3.8) is 0 Å². The number of anilines is 1. The summed E-state index contributed by atoms with van der Waals surface area (Å²) in [6.07, 6.45) is 0. The van der Waals surface area contributed by atoms with Crippen molar-refractivity contribution in [2.24, 2.45) is 0 Å². The van der Waals surface area contributed by atoms with Gasteiger partial charge in [-0.1, -0.05) is 17.7 Å². The second kappa shape index (κ2) is 8.18. The van der Waals surface area contributed by atoms with Crippen molar-refractivity contribution in [3.05, 3.63) is 59.2 Å². The molecule has 2 aromatic carbocycles. The molecule has 122 valence electrons. The smallest absolute Gasteiger partial charge is 0.338 e. The van der Waals surface area contributed by atoms with Crippen LogP contribution in [0.1, 0.15) is 21.5 Å². The number of amides is 1. The average Bonchev–Trinajstić information content (AvgIpc) is 2.55. The SMILES string of the molecule is Cc1cccc(C(=O)OCC(=O)Nc2ccc(SC#N)cc2C)c1. The van der Waals surface area contributed by atoms with Gasteiger partial charge in [-0.25, -0.2) is 4.79 Å². The third-order valence-corrected chi connectivity index (χ3v) is 3.80. The Morgan fingerprint density at radius 1 is 1.21 bits per heavy atom. The molecule has 0 fully saturated rings. The molecule has 0 aliphatic rings. The van der Waals surface area contributed by atoms with Crippen LogP contribution in [0.5, 0.6) is 0 Å². The summed E-state index contributed by atoms with van der Waals surface area (Å²) < 4.78 is 5.02. The van der Waals surface area contributed by atoms with Crippen LogP contribution in [-0.2, 0) is 9.53 Å². The summed E-state index contributed by atoms with van der Waals surface area (Å²) in [4.78, 5) is 24.6. The maximum absolute atomic E-state index is 11.9. The van der Waals surface area contributed by atoms with E-state index in [-0.39, 0.29) is 6.61 Å². The fraction of sp³-hybridized carbons (Fsp3) is 0.167. The second-order valence-corrected chi connectivity index (χ2v) is 6.02. The Bertz CT molecular complexity index is 812. The van der Waals surface area contributed by atoms with Gasteiger partial charge in [0.1, 0.15) is 5.40 Å². The summed E-state index contributed by atoms with van der Waals surface area (Å²) in [5.41, 5.74) is 2.80. The van der Waals surface area contributed by atoms with Gasteiger partial charge in [-0.2, -0.15) is 5.26 Å². The van der Waals surface area contributed by atoms with Crippen molar-refractivity contribution in [1.82, 2.24) is 0 Å². The predicted molar refractivity (Wildman–Crippen MR) is 92.7 cm³/mol. The van der Waals surface area contributed by atoms with Crippen LogP contribution in [0, 0.1) is 24.5 Å². The molecule has 0 atom stereocenters. The first kappa shape index (κ1) is 17.6. The molecule has 1 N–H and O–H groups in total. The lowest BCUT2D eigenvalue weighted by Crippen LogP contribution is -2.21. The fourth-order valence-electron chi connectivity index (χ4n) is 2.07. The van der Waals surface area contributed by atoms with Gasteiger partial charge in [0.05, 0.1) is 5.56 Å². The van der Waals surface area contributed by atoms with Crippen LogP contribution >= 0.6 is 11.8 Å². The van der Waals surface area contributed by atoms with Crippen LogP contribution in [0.2, 0.25) is 0 Å². The standard InChI is InChI=1S/C18H16N2O3S/c1-12-4-3-5-14(8-12)18(22)23-10-17(21)20-16-7-6-15(24-11-19)9-13(16)2/h3-9H,10H2,1-2H3,(H,20,21). The highest BCUT2D eigenvalue weighted by Crippen LogP contribution is 2.23. The number of thiocyanates is 1. The number of ether oxygens (including phenoxy) is 1. The summed E-state index contributed by atoms with van der Waals surface area (Å²) in [5.74, 6) is -0.953. The first-order chi connectivity index (χ1) is 11.5. The number of carbonyl (C=O) groups excluding carboxylic acids is 2. The largest absolute Gasteiger partial charge is 0.452 e. The van der Waals surface area contributed by atoms with Gasteiger partial charge < -0.3 is 10.1 Å². The van der Waals surface area contributed by atoms with Crippen LogP contribution in [-0.4, -0.2) is 18.5 Å². The van der Waals surface area contributed by atoms with Crippen LogP contribution < -0.4 is 5.32 Å². The summed E-state index contributed by atoms with van der Waals surface area (Å²) in [6.45, 7) is 3.34. The summed E-state index contributed by atoms with van der Waals surface area (Å²) >= 11 is 1.05. The number of hydrogen-bond acceptors (Lipinski definition) is 5. The number of nitrogens with one attached hydrogen (secondary N) is 1. The van der Waals surface area contributed by atoms with Crippen molar-refractivity contribution in [3.8, 4) is 5.40 Å². The minimum atomic E-state index is -0.536. The van der Waals surface area contributed by atoms with Crippen LogP contribution in [0.25, 0.3) is 0 Å².